The molecule has 4 saturated carbocycles. The number of nitrogens with zero attached hydrogens (tertiary/aromatic N) is 3. The van der Waals surface area contributed by atoms with Gasteiger partial charge in [-0.3, -0.25) is 9.36 Å². The molecule has 6 heteroatoms. The van der Waals surface area contributed by atoms with E-state index in [2.05, 4.69) is 10.2 Å². The number of hydrogen-bond acceptors (Lipinski definition) is 4. The Morgan fingerprint density at radius 3 is 2.19 bits per heavy atom. The number of hydrogen-bond donors (Lipinski definition) is 0. The van der Waals surface area contributed by atoms with Crippen molar-refractivity contribution in [3.05, 3.63) is 60.4 Å². The molecule has 1 aromatic heterocycles. The number of carbonyl (C=O) groups is 1. The molecule has 164 valence electrons. The van der Waals surface area contributed by atoms with Gasteiger partial charge in [0.2, 0.25) is 0 Å². The monoisotopic (exact) mass is 447 g/mol. The quantitative estimate of drug-likeness (QED) is 0.438. The van der Waals surface area contributed by atoms with Crippen molar-refractivity contribution in [2.24, 2.45) is 23.2 Å². The molecule has 0 amide bonds. The fourth-order valence-electron chi connectivity index (χ4n) is 6.69. The van der Waals surface area contributed by atoms with E-state index in [0.717, 1.165) is 48.3 Å². The van der Waals surface area contributed by atoms with Crippen LogP contribution in [0.25, 0.3) is 17.1 Å². The molecular formula is C26H26FN3OS. The normalized spacial score (nSPS) is 28.2. The maximum absolute atomic E-state index is 13.5. The van der Waals surface area contributed by atoms with Crippen molar-refractivity contribution in [2.45, 2.75) is 43.7 Å². The van der Waals surface area contributed by atoms with Crippen LogP contribution < -0.4 is 0 Å². The summed E-state index contributed by atoms with van der Waals surface area (Å²) in [5.41, 5.74) is 1.63. The Bertz CT molecular complexity index is 1110. The minimum Gasteiger partial charge on any atom is -0.298 e. The van der Waals surface area contributed by atoms with Crippen LogP contribution in [0.4, 0.5) is 4.39 Å². The summed E-state index contributed by atoms with van der Waals surface area (Å²) in [6, 6.07) is 16.2. The zero-order valence-electron chi connectivity index (χ0n) is 17.9. The number of halogens is 1. The van der Waals surface area contributed by atoms with Crippen molar-refractivity contribution >= 4 is 17.5 Å². The molecule has 0 atom stereocenters. The summed E-state index contributed by atoms with van der Waals surface area (Å²) < 4.78 is 15.4. The van der Waals surface area contributed by atoms with Crippen LogP contribution in [-0.2, 0) is 4.79 Å². The fraction of sp³-hybridized carbons (Fsp3) is 0.423. The number of para-hydroxylation sites is 1. The number of thioether (sulfide) groups is 1. The Morgan fingerprint density at radius 2 is 1.56 bits per heavy atom. The SMILES string of the molecule is O=C(CSc1nnc(-c2ccc(F)cc2)n1-c1ccccc1)C12CC3CC(CC(C3)C1)C2. The molecule has 0 radical (unpaired) electrons. The number of ketones is 1. The van der Waals surface area contributed by atoms with E-state index >= 15 is 0 Å². The van der Waals surface area contributed by atoms with Crippen molar-refractivity contribution in [3.63, 3.8) is 0 Å². The first kappa shape index (κ1) is 20.2. The Hall–Kier alpha value is -2.47. The van der Waals surface area contributed by atoms with Crippen LogP contribution in [0.3, 0.4) is 0 Å². The van der Waals surface area contributed by atoms with Gasteiger partial charge in [0.15, 0.2) is 11.0 Å². The first-order chi connectivity index (χ1) is 15.6. The molecule has 1 heterocycles. The molecule has 0 unspecified atom stereocenters. The van der Waals surface area contributed by atoms with Crippen molar-refractivity contribution < 1.29 is 9.18 Å². The average molecular weight is 448 g/mol. The Labute approximate surface area is 191 Å². The summed E-state index contributed by atoms with van der Waals surface area (Å²) >= 11 is 1.48. The summed E-state index contributed by atoms with van der Waals surface area (Å²) in [4.78, 5) is 13.5. The number of rotatable bonds is 6. The molecule has 3 aromatic rings. The van der Waals surface area contributed by atoms with Crippen LogP contribution in [0.2, 0.25) is 0 Å². The number of Topliss-reactive ketones (excluding diaryl/α,β-unsaturated/α-hetero) is 1. The minimum absolute atomic E-state index is 0.0981. The molecular weight excluding hydrogens is 421 g/mol. The predicted octanol–water partition coefficient (Wildman–Crippen LogP) is 5.95. The molecule has 4 fully saturated rings. The Balaban J connectivity index is 1.28. The summed E-state index contributed by atoms with van der Waals surface area (Å²) in [6.45, 7) is 0. The summed E-state index contributed by atoms with van der Waals surface area (Å²) in [7, 11) is 0. The highest BCUT2D eigenvalue weighted by Crippen LogP contribution is 2.60. The minimum atomic E-state index is -0.282. The smallest absolute Gasteiger partial charge is 0.196 e. The highest BCUT2D eigenvalue weighted by atomic mass is 32.2. The summed E-state index contributed by atoms with van der Waals surface area (Å²) in [5.74, 6) is 3.47. The Morgan fingerprint density at radius 1 is 0.938 bits per heavy atom. The second-order valence-electron chi connectivity index (χ2n) is 9.89. The molecule has 0 saturated heterocycles. The van der Waals surface area contributed by atoms with E-state index in [9.17, 15) is 9.18 Å². The van der Waals surface area contributed by atoms with Gasteiger partial charge in [-0.1, -0.05) is 30.0 Å². The van der Waals surface area contributed by atoms with Crippen molar-refractivity contribution in [1.29, 1.82) is 0 Å². The van der Waals surface area contributed by atoms with E-state index in [1.165, 1.54) is 43.2 Å². The van der Waals surface area contributed by atoms with E-state index in [1.807, 2.05) is 34.9 Å². The van der Waals surface area contributed by atoms with Crippen molar-refractivity contribution in [2.75, 3.05) is 5.75 Å². The predicted molar refractivity (Wildman–Crippen MR) is 123 cm³/mol. The highest BCUT2D eigenvalue weighted by molar-refractivity contribution is 7.99. The number of benzene rings is 2. The van der Waals surface area contributed by atoms with Crippen LogP contribution in [0.15, 0.2) is 59.8 Å². The average Bonchev–Trinajstić information content (AvgIpc) is 3.21. The third-order valence-electron chi connectivity index (χ3n) is 7.71. The largest absolute Gasteiger partial charge is 0.298 e. The summed E-state index contributed by atoms with van der Waals surface area (Å²) in [5, 5.41) is 9.56. The Kier molecular flexibility index (Phi) is 4.94. The van der Waals surface area contributed by atoms with Gasteiger partial charge in [-0.15, -0.1) is 10.2 Å². The maximum Gasteiger partial charge on any atom is 0.196 e. The van der Waals surface area contributed by atoms with E-state index in [-0.39, 0.29) is 11.2 Å². The molecule has 4 nitrogen and oxygen atoms in total. The number of carbonyl (C=O) groups excluding carboxylic acids is 1. The van der Waals surface area contributed by atoms with E-state index in [1.54, 1.807) is 12.1 Å². The lowest BCUT2D eigenvalue weighted by Crippen LogP contribution is -2.50. The van der Waals surface area contributed by atoms with Crippen molar-refractivity contribution in [3.8, 4) is 17.1 Å². The molecule has 32 heavy (non-hydrogen) atoms. The molecule has 0 aliphatic heterocycles. The van der Waals surface area contributed by atoms with Gasteiger partial charge in [-0.05, 0) is 92.7 Å². The second-order valence-corrected chi connectivity index (χ2v) is 10.8. The van der Waals surface area contributed by atoms with E-state index in [0.29, 0.717) is 22.5 Å². The van der Waals surface area contributed by atoms with E-state index in [4.69, 9.17) is 0 Å². The van der Waals surface area contributed by atoms with E-state index < -0.39 is 0 Å². The second kappa shape index (κ2) is 7.84. The van der Waals surface area contributed by atoms with Crippen LogP contribution in [0.5, 0.6) is 0 Å². The molecule has 0 spiro atoms. The van der Waals surface area contributed by atoms with Crippen LogP contribution in [0.1, 0.15) is 38.5 Å². The lowest BCUT2D eigenvalue weighted by atomic mass is 9.48. The lowest BCUT2D eigenvalue weighted by molar-refractivity contribution is -0.141. The third-order valence-corrected chi connectivity index (χ3v) is 8.64. The lowest BCUT2D eigenvalue weighted by Gasteiger charge is -2.56. The standard InChI is InChI=1S/C26H26FN3OS/c27-21-8-6-20(7-9-21)24-28-29-25(30(24)22-4-2-1-3-5-22)32-16-23(31)26-13-17-10-18(14-26)12-19(11-17)15-26/h1-9,17-19H,10-16H2. The molecule has 4 bridgehead atoms. The fourth-order valence-corrected chi connectivity index (χ4v) is 7.68. The maximum atomic E-state index is 13.5. The zero-order chi connectivity index (χ0) is 21.7. The van der Waals surface area contributed by atoms with Gasteiger partial charge >= 0.3 is 0 Å². The van der Waals surface area contributed by atoms with Crippen LogP contribution >= 0.6 is 11.8 Å². The van der Waals surface area contributed by atoms with Gasteiger partial charge < -0.3 is 0 Å². The van der Waals surface area contributed by atoms with Gasteiger partial charge in [-0.25, -0.2) is 4.39 Å². The van der Waals surface area contributed by atoms with Crippen molar-refractivity contribution in [1.82, 2.24) is 14.8 Å². The van der Waals surface area contributed by atoms with Gasteiger partial charge in [0.05, 0.1) is 5.75 Å². The molecule has 4 aliphatic rings. The molecule has 4 aliphatic carbocycles. The molecule has 2 aromatic carbocycles. The zero-order valence-corrected chi connectivity index (χ0v) is 18.7. The topological polar surface area (TPSA) is 47.8 Å². The number of aromatic nitrogens is 3. The van der Waals surface area contributed by atoms with Gasteiger partial charge in [0.25, 0.3) is 0 Å². The van der Waals surface area contributed by atoms with Crippen LogP contribution in [0, 0.1) is 29.0 Å². The van der Waals surface area contributed by atoms with Gasteiger partial charge in [0.1, 0.15) is 11.6 Å². The molecule has 7 rings (SSSR count). The van der Waals surface area contributed by atoms with Crippen LogP contribution in [-0.4, -0.2) is 26.3 Å². The highest BCUT2D eigenvalue weighted by Gasteiger charge is 2.54. The first-order valence-corrected chi connectivity index (χ1v) is 12.5. The summed E-state index contributed by atoms with van der Waals surface area (Å²) in [6.07, 6.45) is 7.27. The first-order valence-electron chi connectivity index (χ1n) is 11.5. The van der Waals surface area contributed by atoms with Gasteiger partial charge in [0, 0.05) is 16.7 Å². The van der Waals surface area contributed by atoms with Gasteiger partial charge in [-0.2, -0.15) is 0 Å². The third kappa shape index (κ3) is 3.49. The molecule has 0 N–H and O–H groups in total.